The topological polar surface area (TPSA) is 0 Å². The molecule has 0 saturated heterocycles. The van der Waals surface area contributed by atoms with E-state index >= 15 is 0 Å². The summed E-state index contributed by atoms with van der Waals surface area (Å²) in [6.45, 7) is 8.31. The molecule has 0 aliphatic rings. The van der Waals surface area contributed by atoms with E-state index < -0.39 is 7.38 Å². The van der Waals surface area contributed by atoms with E-state index in [2.05, 4.69) is 19.7 Å². The molecule has 0 nitrogen and oxygen atoms in total. The van der Waals surface area contributed by atoms with Crippen LogP contribution in [0.3, 0.4) is 0 Å². The molecule has 0 bridgehead atoms. The molecule has 0 aromatic rings. The van der Waals surface area contributed by atoms with Crippen molar-refractivity contribution in [3.63, 3.8) is 0 Å². The first-order valence-electron chi connectivity index (χ1n) is 11.9. The van der Waals surface area contributed by atoms with Crippen molar-refractivity contribution >= 4 is 18.5 Å². The van der Waals surface area contributed by atoms with Crippen LogP contribution in [-0.4, -0.2) is 7.38 Å². The highest BCUT2D eigenvalue weighted by Crippen LogP contribution is 2.19. The molecule has 0 N–H and O–H groups in total. The van der Waals surface area contributed by atoms with Gasteiger partial charge in [0.15, 0.2) is 0 Å². The Bertz CT molecular complexity index is 282. The van der Waals surface area contributed by atoms with Gasteiger partial charge in [-0.1, -0.05) is 128 Å². The Morgan fingerprint density at radius 2 is 0.808 bits per heavy atom. The fraction of sp³-hybridized carbons (Fsp3) is 0.917. The van der Waals surface area contributed by atoms with Crippen LogP contribution in [0.15, 0.2) is 12.7 Å². The molecule has 0 aromatic heterocycles. The van der Waals surface area contributed by atoms with Crippen molar-refractivity contribution in [1.29, 1.82) is 0 Å². The van der Waals surface area contributed by atoms with Crippen molar-refractivity contribution in [2.75, 3.05) is 0 Å². The first-order valence-corrected chi connectivity index (χ1v) is 16.1. The molecule has 0 saturated carbocycles. The summed E-state index contributed by atoms with van der Waals surface area (Å²) in [4.78, 5) is 0. The van der Waals surface area contributed by atoms with Crippen LogP contribution in [-0.2, 0) is 0 Å². The van der Waals surface area contributed by atoms with E-state index in [-0.39, 0.29) is 0 Å². The molecule has 0 fully saturated rings. The first-order chi connectivity index (χ1) is 12.6. The van der Waals surface area contributed by atoms with E-state index in [0.29, 0.717) is 0 Å². The minimum Gasteiger partial charge on any atom is -0.168 e. The lowest BCUT2D eigenvalue weighted by molar-refractivity contribution is 0.525. The fourth-order valence-electron chi connectivity index (χ4n) is 3.66. The van der Waals surface area contributed by atoms with Gasteiger partial charge in [-0.3, -0.25) is 0 Å². The fourth-order valence-corrected chi connectivity index (χ4v) is 5.15. The molecular formula is C24H49ClSi. The number of hydrogen-bond donors (Lipinski definition) is 0. The SMILES string of the molecule is C=CCCCCCCCCCCCCCCCCCCCC[Si](C)(C)Cl. The monoisotopic (exact) mass is 400 g/mol. The molecule has 0 amide bonds. The molecule has 2 heteroatoms. The van der Waals surface area contributed by atoms with Gasteiger partial charge in [0, 0.05) is 0 Å². The molecule has 0 heterocycles. The molecule has 0 spiro atoms. The quantitative estimate of drug-likeness (QED) is 0.0777. The molecule has 0 aliphatic carbocycles. The maximum absolute atomic E-state index is 6.36. The third-order valence-electron chi connectivity index (χ3n) is 5.43. The average molecular weight is 401 g/mol. The van der Waals surface area contributed by atoms with Crippen LogP contribution in [0.1, 0.15) is 122 Å². The Hall–Kier alpha value is 0.247. The summed E-state index contributed by atoms with van der Waals surface area (Å²) in [5.41, 5.74) is 0. The summed E-state index contributed by atoms with van der Waals surface area (Å²) >= 11 is 6.36. The van der Waals surface area contributed by atoms with E-state index in [4.69, 9.17) is 11.1 Å². The normalized spacial score (nSPS) is 11.8. The lowest BCUT2D eigenvalue weighted by Crippen LogP contribution is -2.14. The Morgan fingerprint density at radius 1 is 0.538 bits per heavy atom. The lowest BCUT2D eigenvalue weighted by Gasteiger charge is -2.11. The van der Waals surface area contributed by atoms with Crippen LogP contribution in [0.2, 0.25) is 19.1 Å². The maximum atomic E-state index is 6.36. The van der Waals surface area contributed by atoms with Crippen LogP contribution >= 0.6 is 11.1 Å². The molecule has 0 aliphatic heterocycles. The zero-order chi connectivity index (χ0) is 19.3. The lowest BCUT2D eigenvalue weighted by atomic mass is 10.0. The predicted octanol–water partition coefficient (Wildman–Crippen LogP) is 10.0. The van der Waals surface area contributed by atoms with Crippen LogP contribution < -0.4 is 0 Å². The van der Waals surface area contributed by atoms with Gasteiger partial charge in [-0.25, -0.2) is 0 Å². The van der Waals surface area contributed by atoms with Gasteiger partial charge in [-0.05, 0) is 18.9 Å². The van der Waals surface area contributed by atoms with Gasteiger partial charge >= 0.3 is 0 Å². The van der Waals surface area contributed by atoms with Crippen molar-refractivity contribution in [1.82, 2.24) is 0 Å². The standard InChI is InChI=1S/C24H49ClSi/c1-4-5-6-7-8-9-10-11-12-13-14-15-16-17-18-19-20-21-22-23-24-26(2,3)25/h4H,1,5-24H2,2-3H3. The highest BCUT2D eigenvalue weighted by molar-refractivity contribution is 7.19. The van der Waals surface area contributed by atoms with Gasteiger partial charge in [0.05, 0.1) is 0 Å². The molecule has 0 aromatic carbocycles. The Balaban J connectivity index is 3.02. The second-order valence-corrected chi connectivity index (χ2v) is 15.9. The van der Waals surface area contributed by atoms with Crippen LogP contribution in [0, 0.1) is 0 Å². The average Bonchev–Trinajstić information content (AvgIpc) is 2.59. The predicted molar refractivity (Wildman–Crippen MR) is 126 cm³/mol. The summed E-state index contributed by atoms with van der Waals surface area (Å²) in [6.07, 6.45) is 29.1. The van der Waals surface area contributed by atoms with E-state index in [0.717, 1.165) is 0 Å². The summed E-state index contributed by atoms with van der Waals surface area (Å²) < 4.78 is 0. The van der Waals surface area contributed by atoms with Gasteiger partial charge in [0.1, 0.15) is 7.38 Å². The van der Waals surface area contributed by atoms with E-state index in [1.54, 1.807) is 0 Å². The van der Waals surface area contributed by atoms with Crippen molar-refractivity contribution in [3.8, 4) is 0 Å². The Kier molecular flexibility index (Phi) is 20.2. The molecule has 0 unspecified atom stereocenters. The van der Waals surface area contributed by atoms with Gasteiger partial charge in [-0.2, -0.15) is 11.1 Å². The second kappa shape index (κ2) is 20.0. The number of halogens is 1. The van der Waals surface area contributed by atoms with Crippen molar-refractivity contribution in [2.24, 2.45) is 0 Å². The zero-order valence-electron chi connectivity index (χ0n) is 18.3. The maximum Gasteiger partial charge on any atom is 0.150 e. The molecule has 0 rings (SSSR count). The Morgan fingerprint density at radius 3 is 1.08 bits per heavy atom. The molecule has 156 valence electrons. The van der Waals surface area contributed by atoms with Gasteiger partial charge < -0.3 is 0 Å². The molecule has 26 heavy (non-hydrogen) atoms. The Labute approximate surface area is 172 Å². The highest BCUT2D eigenvalue weighted by atomic mass is 35.6. The van der Waals surface area contributed by atoms with E-state index in [9.17, 15) is 0 Å². The van der Waals surface area contributed by atoms with Gasteiger partial charge in [0.2, 0.25) is 0 Å². The molecule has 0 atom stereocenters. The van der Waals surface area contributed by atoms with Crippen LogP contribution in [0.25, 0.3) is 0 Å². The summed E-state index contributed by atoms with van der Waals surface area (Å²) in [6, 6.07) is 1.30. The summed E-state index contributed by atoms with van der Waals surface area (Å²) in [7, 11) is -1.30. The van der Waals surface area contributed by atoms with Gasteiger partial charge in [-0.15, -0.1) is 6.58 Å². The highest BCUT2D eigenvalue weighted by Gasteiger charge is 2.15. The largest absolute Gasteiger partial charge is 0.168 e. The van der Waals surface area contributed by atoms with Crippen molar-refractivity contribution in [3.05, 3.63) is 12.7 Å². The second-order valence-electron chi connectivity index (χ2n) is 8.91. The first kappa shape index (κ1) is 26.2. The van der Waals surface area contributed by atoms with Crippen molar-refractivity contribution < 1.29 is 0 Å². The van der Waals surface area contributed by atoms with Crippen LogP contribution in [0.4, 0.5) is 0 Å². The summed E-state index contributed by atoms with van der Waals surface area (Å²) in [5.74, 6) is 0. The minimum atomic E-state index is -1.30. The molecular weight excluding hydrogens is 352 g/mol. The summed E-state index contributed by atoms with van der Waals surface area (Å²) in [5, 5.41) is 0. The molecule has 0 radical (unpaired) electrons. The number of rotatable bonds is 21. The zero-order valence-corrected chi connectivity index (χ0v) is 20.1. The number of hydrogen-bond acceptors (Lipinski definition) is 0. The smallest absolute Gasteiger partial charge is 0.150 e. The van der Waals surface area contributed by atoms with Crippen LogP contribution in [0.5, 0.6) is 0 Å². The van der Waals surface area contributed by atoms with Gasteiger partial charge in [0.25, 0.3) is 0 Å². The number of allylic oxidation sites excluding steroid dienone is 1. The number of unbranched alkanes of at least 4 members (excludes halogenated alkanes) is 18. The third kappa shape index (κ3) is 24.2. The van der Waals surface area contributed by atoms with E-state index in [1.807, 2.05) is 6.08 Å². The third-order valence-corrected chi connectivity index (χ3v) is 7.54. The minimum absolute atomic E-state index is 1.20. The van der Waals surface area contributed by atoms with Crippen molar-refractivity contribution in [2.45, 2.75) is 141 Å². The van der Waals surface area contributed by atoms with E-state index in [1.165, 1.54) is 128 Å².